The van der Waals surface area contributed by atoms with E-state index in [1.165, 1.54) is 55.2 Å². The van der Waals surface area contributed by atoms with Crippen molar-refractivity contribution in [3.8, 4) is 11.1 Å². The molecule has 0 spiro atoms. The second-order valence-electron chi connectivity index (χ2n) is 7.18. The van der Waals surface area contributed by atoms with Gasteiger partial charge in [0.15, 0.2) is 0 Å². The molecule has 0 saturated heterocycles. The van der Waals surface area contributed by atoms with Crippen molar-refractivity contribution >= 4 is 0 Å². The molecule has 0 aromatic heterocycles. The van der Waals surface area contributed by atoms with Crippen LogP contribution in [0.2, 0.25) is 0 Å². The van der Waals surface area contributed by atoms with E-state index in [0.29, 0.717) is 0 Å². The Labute approximate surface area is 141 Å². The van der Waals surface area contributed by atoms with Gasteiger partial charge in [-0.1, -0.05) is 75.2 Å². The van der Waals surface area contributed by atoms with Gasteiger partial charge in [-0.15, -0.1) is 0 Å². The zero-order valence-corrected chi connectivity index (χ0v) is 14.7. The van der Waals surface area contributed by atoms with Crippen LogP contribution >= 0.6 is 0 Å². The molecule has 0 heteroatoms. The van der Waals surface area contributed by atoms with Crippen LogP contribution in [0.25, 0.3) is 11.1 Å². The summed E-state index contributed by atoms with van der Waals surface area (Å²) in [5.74, 6) is 1.78. The average molecular weight is 306 g/mol. The molecule has 23 heavy (non-hydrogen) atoms. The van der Waals surface area contributed by atoms with Gasteiger partial charge >= 0.3 is 0 Å². The first-order chi connectivity index (χ1) is 11.3. The lowest BCUT2D eigenvalue weighted by molar-refractivity contribution is 0.308. The third kappa shape index (κ3) is 4.05. The normalized spacial score (nSPS) is 21.3. The first kappa shape index (κ1) is 16.3. The molecule has 3 rings (SSSR count). The van der Waals surface area contributed by atoms with E-state index in [9.17, 15) is 0 Å². The van der Waals surface area contributed by atoms with Gasteiger partial charge in [-0.25, -0.2) is 0 Å². The maximum absolute atomic E-state index is 2.37. The highest BCUT2D eigenvalue weighted by Gasteiger charge is 2.21. The van der Waals surface area contributed by atoms with Crippen molar-refractivity contribution in [3.05, 3.63) is 59.7 Å². The molecule has 0 bridgehead atoms. The molecule has 1 saturated carbocycles. The van der Waals surface area contributed by atoms with Crippen LogP contribution in [0, 0.1) is 5.92 Å². The van der Waals surface area contributed by atoms with Crippen molar-refractivity contribution in [3.63, 3.8) is 0 Å². The molecule has 0 heterocycles. The second-order valence-corrected chi connectivity index (χ2v) is 7.18. The molecule has 0 N–H and O–H groups in total. The van der Waals surface area contributed by atoms with Gasteiger partial charge in [-0.3, -0.25) is 0 Å². The lowest BCUT2D eigenvalue weighted by Crippen LogP contribution is -2.13. The van der Waals surface area contributed by atoms with Crippen LogP contribution in [0.3, 0.4) is 0 Å². The predicted octanol–water partition coefficient (Wildman–Crippen LogP) is 6.99. The number of hydrogen-bond donors (Lipinski definition) is 0. The summed E-state index contributed by atoms with van der Waals surface area (Å²) in [6.45, 7) is 4.52. The van der Waals surface area contributed by atoms with E-state index >= 15 is 0 Å². The summed E-state index contributed by atoms with van der Waals surface area (Å²) in [6.07, 6.45) is 9.52. The van der Waals surface area contributed by atoms with Gasteiger partial charge < -0.3 is 0 Å². The van der Waals surface area contributed by atoms with Crippen molar-refractivity contribution in [2.24, 2.45) is 5.92 Å². The van der Waals surface area contributed by atoms with Crippen LogP contribution in [-0.2, 0) is 6.42 Å². The smallest absolute Gasteiger partial charge is 0.0162 e. The van der Waals surface area contributed by atoms with Crippen LogP contribution in [0.5, 0.6) is 0 Å². The Morgan fingerprint density at radius 1 is 0.739 bits per heavy atom. The maximum atomic E-state index is 2.37. The highest BCUT2D eigenvalue weighted by Crippen LogP contribution is 2.37. The van der Waals surface area contributed by atoms with Gasteiger partial charge in [-0.05, 0) is 66.2 Å². The Morgan fingerprint density at radius 2 is 1.30 bits per heavy atom. The summed E-state index contributed by atoms with van der Waals surface area (Å²) >= 11 is 0. The summed E-state index contributed by atoms with van der Waals surface area (Å²) in [4.78, 5) is 0. The molecule has 0 unspecified atom stereocenters. The molecule has 1 fully saturated rings. The van der Waals surface area contributed by atoms with Crippen LogP contribution in [0.15, 0.2) is 48.5 Å². The van der Waals surface area contributed by atoms with Crippen molar-refractivity contribution < 1.29 is 0 Å². The fourth-order valence-electron chi connectivity index (χ4n) is 4.07. The van der Waals surface area contributed by atoms with E-state index < -0.39 is 0 Å². The van der Waals surface area contributed by atoms with Crippen molar-refractivity contribution in [1.29, 1.82) is 0 Å². The summed E-state index contributed by atoms with van der Waals surface area (Å²) in [7, 11) is 0. The molecule has 2 aromatic rings. The Bertz CT molecular complexity index is 583. The highest BCUT2D eigenvalue weighted by molar-refractivity contribution is 5.64. The summed E-state index contributed by atoms with van der Waals surface area (Å²) in [6, 6.07) is 18.4. The summed E-state index contributed by atoms with van der Waals surface area (Å²) in [5.41, 5.74) is 5.64. The van der Waals surface area contributed by atoms with Crippen LogP contribution in [0.1, 0.15) is 69.4 Å². The van der Waals surface area contributed by atoms with E-state index in [1.807, 2.05) is 0 Å². The molecule has 0 aliphatic heterocycles. The number of aryl methyl sites for hydroxylation is 1. The van der Waals surface area contributed by atoms with E-state index in [2.05, 4.69) is 62.4 Å². The molecule has 0 atom stereocenters. The number of hydrogen-bond acceptors (Lipinski definition) is 0. The first-order valence-corrected chi connectivity index (χ1v) is 9.49. The Balaban J connectivity index is 1.65. The largest absolute Gasteiger partial charge is 0.0654 e. The number of benzene rings is 2. The van der Waals surface area contributed by atoms with Crippen LogP contribution in [0.4, 0.5) is 0 Å². The zero-order chi connectivity index (χ0) is 16.1. The summed E-state index contributed by atoms with van der Waals surface area (Å²) in [5, 5.41) is 0. The molecule has 0 radical (unpaired) electrons. The molecule has 0 nitrogen and oxygen atoms in total. The lowest BCUT2D eigenvalue weighted by Gasteiger charge is -2.28. The predicted molar refractivity (Wildman–Crippen MR) is 101 cm³/mol. The van der Waals surface area contributed by atoms with Gasteiger partial charge in [0.25, 0.3) is 0 Å². The van der Waals surface area contributed by atoms with E-state index in [1.54, 1.807) is 5.56 Å². The van der Waals surface area contributed by atoms with Crippen molar-refractivity contribution in [2.45, 2.75) is 64.7 Å². The van der Waals surface area contributed by atoms with Crippen molar-refractivity contribution in [1.82, 2.24) is 0 Å². The molecule has 1 aliphatic carbocycles. The standard InChI is InChI=1S/C23H30/c1-3-5-19-8-12-21(13-9-19)23-16-14-22(15-17-23)20-10-6-18(4-2)7-11-20/h6-7,10-11,14-17,19,21H,3-5,8-9,12-13H2,1-2H3. The fraction of sp³-hybridized carbons (Fsp3) is 0.478. The van der Waals surface area contributed by atoms with Gasteiger partial charge in [-0.2, -0.15) is 0 Å². The second kappa shape index (κ2) is 7.81. The van der Waals surface area contributed by atoms with E-state index in [4.69, 9.17) is 0 Å². The molecular formula is C23H30. The summed E-state index contributed by atoms with van der Waals surface area (Å²) < 4.78 is 0. The first-order valence-electron chi connectivity index (χ1n) is 9.49. The van der Waals surface area contributed by atoms with E-state index in [-0.39, 0.29) is 0 Å². The van der Waals surface area contributed by atoms with Crippen molar-refractivity contribution in [2.75, 3.05) is 0 Å². The fourth-order valence-corrected chi connectivity index (χ4v) is 4.07. The quantitative estimate of drug-likeness (QED) is 0.558. The lowest BCUT2D eigenvalue weighted by atomic mass is 9.77. The minimum absolute atomic E-state index is 0.791. The maximum Gasteiger partial charge on any atom is -0.0162 e. The van der Waals surface area contributed by atoms with Gasteiger partial charge in [0.05, 0.1) is 0 Å². The molecule has 122 valence electrons. The Morgan fingerprint density at radius 3 is 1.83 bits per heavy atom. The zero-order valence-electron chi connectivity index (χ0n) is 14.7. The average Bonchev–Trinajstić information content (AvgIpc) is 2.63. The van der Waals surface area contributed by atoms with E-state index in [0.717, 1.165) is 18.3 Å². The molecule has 1 aliphatic rings. The molecule has 2 aromatic carbocycles. The minimum atomic E-state index is 0.791. The van der Waals surface area contributed by atoms with Gasteiger partial charge in [0, 0.05) is 0 Å². The monoisotopic (exact) mass is 306 g/mol. The third-order valence-corrected chi connectivity index (χ3v) is 5.62. The molecular weight excluding hydrogens is 276 g/mol. The highest BCUT2D eigenvalue weighted by atomic mass is 14.3. The third-order valence-electron chi connectivity index (χ3n) is 5.62. The van der Waals surface area contributed by atoms with Gasteiger partial charge in [0.1, 0.15) is 0 Å². The Kier molecular flexibility index (Phi) is 5.54. The topological polar surface area (TPSA) is 0 Å². The minimum Gasteiger partial charge on any atom is -0.0654 e. The van der Waals surface area contributed by atoms with Crippen LogP contribution < -0.4 is 0 Å². The SMILES string of the molecule is CCCC1CCC(c2ccc(-c3ccc(CC)cc3)cc2)CC1. The van der Waals surface area contributed by atoms with Crippen LogP contribution in [-0.4, -0.2) is 0 Å². The van der Waals surface area contributed by atoms with Gasteiger partial charge in [0.2, 0.25) is 0 Å². The molecule has 0 amide bonds. The number of rotatable bonds is 5. The Hall–Kier alpha value is -1.56.